The van der Waals surface area contributed by atoms with Gasteiger partial charge in [0.05, 0.1) is 19.1 Å². The number of halogens is 1. The number of hydrogen-bond acceptors (Lipinski definition) is 5. The molecule has 0 saturated carbocycles. The Morgan fingerprint density at radius 3 is 2.42 bits per heavy atom. The zero-order valence-electron chi connectivity index (χ0n) is 21.5. The van der Waals surface area contributed by atoms with Crippen LogP contribution < -0.4 is 14.4 Å². The first kappa shape index (κ1) is 29.6. The van der Waals surface area contributed by atoms with Gasteiger partial charge in [0.2, 0.25) is 21.8 Å². The lowest BCUT2D eigenvalue weighted by Gasteiger charge is -2.30. The molecule has 0 aromatic heterocycles. The van der Waals surface area contributed by atoms with Crippen LogP contribution in [-0.4, -0.2) is 57.1 Å². The Bertz CT molecular complexity index is 1140. The highest BCUT2D eigenvalue weighted by molar-refractivity contribution is 9.10. The van der Waals surface area contributed by atoms with Crippen LogP contribution in [0.3, 0.4) is 0 Å². The lowest BCUT2D eigenvalue weighted by Crippen LogP contribution is -2.49. The maximum atomic E-state index is 13.3. The van der Waals surface area contributed by atoms with E-state index in [1.165, 1.54) is 11.4 Å². The van der Waals surface area contributed by atoms with Crippen molar-refractivity contribution in [3.63, 3.8) is 0 Å². The Morgan fingerprint density at radius 2 is 1.81 bits per heavy atom. The summed E-state index contributed by atoms with van der Waals surface area (Å²) in [7, 11) is -2.06. The van der Waals surface area contributed by atoms with Crippen molar-refractivity contribution in [1.29, 1.82) is 0 Å². The van der Waals surface area contributed by atoms with Gasteiger partial charge in [-0.3, -0.25) is 13.9 Å². The first-order valence-electron chi connectivity index (χ1n) is 11.9. The molecule has 0 aliphatic rings. The molecular formula is C26H36BrN3O5S. The first-order valence-corrected chi connectivity index (χ1v) is 14.6. The van der Waals surface area contributed by atoms with Gasteiger partial charge in [-0.1, -0.05) is 41.1 Å². The molecule has 0 saturated heterocycles. The average Bonchev–Trinajstić information content (AvgIpc) is 2.83. The quantitative estimate of drug-likeness (QED) is 0.379. The van der Waals surface area contributed by atoms with Crippen LogP contribution >= 0.6 is 15.9 Å². The molecule has 0 fully saturated rings. The Morgan fingerprint density at radius 1 is 1.11 bits per heavy atom. The SMILES string of the molecule is CC[C@H](C)NC(=O)[C@H](C)N(Cc1cccc(Br)c1)C(=O)CCCN(c1cccc(OC)c1)S(C)(=O)=O. The summed E-state index contributed by atoms with van der Waals surface area (Å²) in [6, 6.07) is 13.7. The number of methoxy groups -OCH3 is 1. The van der Waals surface area contributed by atoms with E-state index in [1.54, 1.807) is 36.1 Å². The van der Waals surface area contributed by atoms with Crippen molar-refractivity contribution in [3.05, 3.63) is 58.6 Å². The molecule has 2 aromatic rings. The van der Waals surface area contributed by atoms with E-state index in [4.69, 9.17) is 4.74 Å². The van der Waals surface area contributed by atoms with Gasteiger partial charge in [0.1, 0.15) is 11.8 Å². The van der Waals surface area contributed by atoms with Crippen LogP contribution in [0.25, 0.3) is 0 Å². The third kappa shape index (κ3) is 8.81. The monoisotopic (exact) mass is 581 g/mol. The van der Waals surface area contributed by atoms with E-state index >= 15 is 0 Å². The molecule has 2 amide bonds. The van der Waals surface area contributed by atoms with Gasteiger partial charge in [0.25, 0.3) is 0 Å². The van der Waals surface area contributed by atoms with Gasteiger partial charge in [-0.2, -0.15) is 0 Å². The van der Waals surface area contributed by atoms with E-state index in [9.17, 15) is 18.0 Å². The summed E-state index contributed by atoms with van der Waals surface area (Å²) < 4.78 is 32.3. The number of nitrogens with one attached hydrogen (secondary N) is 1. The van der Waals surface area contributed by atoms with E-state index in [1.807, 2.05) is 38.1 Å². The Balaban J connectivity index is 2.18. The number of rotatable bonds is 13. The van der Waals surface area contributed by atoms with E-state index in [-0.39, 0.29) is 43.8 Å². The van der Waals surface area contributed by atoms with Crippen molar-refractivity contribution in [3.8, 4) is 5.75 Å². The highest BCUT2D eigenvalue weighted by Gasteiger charge is 2.27. The van der Waals surface area contributed by atoms with Crippen molar-refractivity contribution in [2.75, 3.05) is 24.2 Å². The molecule has 0 bridgehead atoms. The number of amides is 2. The second-order valence-corrected chi connectivity index (χ2v) is 11.6. The van der Waals surface area contributed by atoms with Gasteiger partial charge in [0, 0.05) is 36.1 Å². The third-order valence-electron chi connectivity index (χ3n) is 5.90. The van der Waals surface area contributed by atoms with Crippen molar-refractivity contribution in [2.24, 2.45) is 0 Å². The standard InChI is InChI=1S/C26H36BrN3O5S/c1-6-19(2)28-26(32)20(3)29(18-21-10-7-11-22(27)16-21)25(31)14-9-15-30(36(5,33)34)23-12-8-13-24(17-23)35-4/h7-8,10-13,16-17,19-20H,6,9,14-15,18H2,1-5H3,(H,28,32)/t19-,20-/m0/s1. The van der Waals surface area contributed by atoms with Crippen LogP contribution in [-0.2, 0) is 26.2 Å². The molecule has 2 atom stereocenters. The first-order chi connectivity index (χ1) is 17.0. The van der Waals surface area contributed by atoms with E-state index in [0.717, 1.165) is 22.7 Å². The number of carbonyl (C=O) groups excluding carboxylic acids is 2. The van der Waals surface area contributed by atoms with Crippen molar-refractivity contribution >= 4 is 43.5 Å². The Hall–Kier alpha value is -2.59. The van der Waals surface area contributed by atoms with Gasteiger partial charge < -0.3 is 15.0 Å². The lowest BCUT2D eigenvalue weighted by atomic mass is 10.1. The summed E-state index contributed by atoms with van der Waals surface area (Å²) in [5, 5.41) is 2.95. The van der Waals surface area contributed by atoms with Crippen LogP contribution in [0.1, 0.15) is 45.6 Å². The summed E-state index contributed by atoms with van der Waals surface area (Å²) in [5.74, 6) is 0.0984. The van der Waals surface area contributed by atoms with Crippen LogP contribution in [0.4, 0.5) is 5.69 Å². The minimum absolute atomic E-state index is 0.00560. The number of sulfonamides is 1. The number of nitrogens with zero attached hydrogens (tertiary/aromatic N) is 2. The average molecular weight is 583 g/mol. The maximum absolute atomic E-state index is 13.3. The molecule has 10 heteroatoms. The van der Waals surface area contributed by atoms with E-state index in [0.29, 0.717) is 11.4 Å². The summed E-state index contributed by atoms with van der Waals surface area (Å²) in [6.07, 6.45) is 2.29. The summed E-state index contributed by atoms with van der Waals surface area (Å²) in [6.45, 7) is 6.00. The number of carbonyl (C=O) groups is 2. The van der Waals surface area contributed by atoms with Crippen molar-refractivity contribution in [1.82, 2.24) is 10.2 Å². The molecule has 0 radical (unpaired) electrons. The predicted octanol–water partition coefficient (Wildman–Crippen LogP) is 4.34. The van der Waals surface area contributed by atoms with E-state index < -0.39 is 16.1 Å². The number of hydrogen-bond donors (Lipinski definition) is 1. The molecule has 1 N–H and O–H groups in total. The Labute approximate surface area is 223 Å². The fraction of sp³-hybridized carbons (Fsp3) is 0.462. The van der Waals surface area contributed by atoms with Crippen LogP contribution in [0, 0.1) is 0 Å². The number of benzene rings is 2. The molecule has 0 aliphatic carbocycles. The molecule has 2 rings (SSSR count). The molecule has 8 nitrogen and oxygen atoms in total. The molecule has 198 valence electrons. The number of anilines is 1. The molecular weight excluding hydrogens is 546 g/mol. The highest BCUT2D eigenvalue weighted by Crippen LogP contribution is 2.24. The minimum atomic E-state index is -3.58. The zero-order chi connectivity index (χ0) is 26.9. The predicted molar refractivity (Wildman–Crippen MR) is 146 cm³/mol. The third-order valence-corrected chi connectivity index (χ3v) is 7.59. The minimum Gasteiger partial charge on any atom is -0.497 e. The Kier molecular flexibility index (Phi) is 11.2. The summed E-state index contributed by atoms with van der Waals surface area (Å²) >= 11 is 3.45. The molecule has 0 aliphatic heterocycles. The van der Waals surface area contributed by atoms with Gasteiger partial charge >= 0.3 is 0 Å². The zero-order valence-corrected chi connectivity index (χ0v) is 23.9. The van der Waals surface area contributed by atoms with Crippen molar-refractivity contribution in [2.45, 2.75) is 58.7 Å². The maximum Gasteiger partial charge on any atom is 0.242 e. The second-order valence-electron chi connectivity index (χ2n) is 8.79. The normalized spacial score (nSPS) is 12.9. The van der Waals surface area contributed by atoms with Crippen LogP contribution in [0.5, 0.6) is 5.75 Å². The molecule has 0 unspecified atom stereocenters. The van der Waals surface area contributed by atoms with Crippen molar-refractivity contribution < 1.29 is 22.7 Å². The van der Waals surface area contributed by atoms with Gasteiger partial charge in [0.15, 0.2) is 0 Å². The fourth-order valence-corrected chi connectivity index (χ4v) is 5.05. The second kappa shape index (κ2) is 13.6. The van der Waals surface area contributed by atoms with Gasteiger partial charge in [-0.25, -0.2) is 8.42 Å². The fourth-order valence-electron chi connectivity index (χ4n) is 3.65. The van der Waals surface area contributed by atoms with Crippen LogP contribution in [0.2, 0.25) is 0 Å². The molecule has 0 spiro atoms. The smallest absolute Gasteiger partial charge is 0.242 e. The molecule has 36 heavy (non-hydrogen) atoms. The molecule has 0 heterocycles. The number of ether oxygens (including phenoxy) is 1. The lowest BCUT2D eigenvalue weighted by molar-refractivity contribution is -0.140. The van der Waals surface area contributed by atoms with Gasteiger partial charge in [-0.15, -0.1) is 0 Å². The van der Waals surface area contributed by atoms with E-state index in [2.05, 4.69) is 21.2 Å². The van der Waals surface area contributed by atoms with Crippen LogP contribution in [0.15, 0.2) is 53.0 Å². The highest BCUT2D eigenvalue weighted by atomic mass is 79.9. The summed E-state index contributed by atoms with van der Waals surface area (Å²) in [4.78, 5) is 27.8. The largest absolute Gasteiger partial charge is 0.497 e. The molecule has 2 aromatic carbocycles. The van der Waals surface area contributed by atoms with Gasteiger partial charge in [-0.05, 0) is 56.5 Å². The topological polar surface area (TPSA) is 96.0 Å². The summed E-state index contributed by atoms with van der Waals surface area (Å²) in [5.41, 5.74) is 1.35.